The van der Waals surface area contributed by atoms with E-state index in [9.17, 15) is 9.59 Å². The lowest BCUT2D eigenvalue weighted by molar-refractivity contribution is 0.186. The van der Waals surface area contributed by atoms with Gasteiger partial charge in [-0.1, -0.05) is 0 Å². The third kappa shape index (κ3) is 4.01. The van der Waals surface area contributed by atoms with E-state index < -0.39 is 0 Å². The highest BCUT2D eigenvalue weighted by molar-refractivity contribution is 5.74. The largest absolute Gasteiger partial charge is 0.338 e. The van der Waals surface area contributed by atoms with Crippen LogP contribution in [0, 0.1) is 6.92 Å². The maximum Gasteiger partial charge on any atom is 0.317 e. The second kappa shape index (κ2) is 7.29. The van der Waals surface area contributed by atoms with Crippen LogP contribution >= 0.6 is 0 Å². The molecule has 2 amide bonds. The first-order valence-electron chi connectivity index (χ1n) is 8.20. The Hall–Kier alpha value is -2.64. The topological polar surface area (TPSA) is 95.9 Å². The summed E-state index contributed by atoms with van der Waals surface area (Å²) in [6.45, 7) is 3.70. The van der Waals surface area contributed by atoms with Crippen molar-refractivity contribution in [3.8, 4) is 0 Å². The van der Waals surface area contributed by atoms with Crippen molar-refractivity contribution in [3.63, 3.8) is 0 Å². The zero-order chi connectivity index (χ0) is 16.9. The molecule has 128 valence electrons. The second-order valence-electron chi connectivity index (χ2n) is 6.03. The number of rotatable bonds is 5. The van der Waals surface area contributed by atoms with Gasteiger partial charge in [-0.25, -0.2) is 9.78 Å². The Labute approximate surface area is 139 Å². The molecule has 2 aromatic heterocycles. The van der Waals surface area contributed by atoms with E-state index in [0.29, 0.717) is 31.0 Å². The molecule has 1 saturated heterocycles. The molecule has 1 unspecified atom stereocenters. The normalized spacial score (nSPS) is 17.2. The maximum absolute atomic E-state index is 12.4. The third-order valence-corrected chi connectivity index (χ3v) is 4.15. The molecule has 0 bridgehead atoms. The van der Waals surface area contributed by atoms with Crippen LogP contribution in [0.1, 0.15) is 24.4 Å². The van der Waals surface area contributed by atoms with E-state index in [1.165, 1.54) is 6.07 Å². The Kier molecular flexibility index (Phi) is 4.93. The van der Waals surface area contributed by atoms with Gasteiger partial charge >= 0.3 is 6.03 Å². The van der Waals surface area contributed by atoms with E-state index in [1.54, 1.807) is 13.1 Å². The number of carbonyl (C=O) groups excluding carboxylic acids is 1. The fraction of sp³-hybridized carbons (Fsp3) is 0.500. The molecule has 1 aliphatic heterocycles. The molecule has 3 rings (SSSR count). The molecule has 1 aliphatic rings. The second-order valence-corrected chi connectivity index (χ2v) is 6.03. The van der Waals surface area contributed by atoms with Gasteiger partial charge in [0.25, 0.3) is 5.56 Å². The zero-order valence-corrected chi connectivity index (χ0v) is 13.7. The molecule has 24 heavy (non-hydrogen) atoms. The van der Waals surface area contributed by atoms with Gasteiger partial charge in [-0.3, -0.25) is 9.48 Å². The Bertz CT molecular complexity index is 739. The first-order valence-corrected chi connectivity index (χ1v) is 8.20. The van der Waals surface area contributed by atoms with E-state index in [2.05, 4.69) is 20.4 Å². The summed E-state index contributed by atoms with van der Waals surface area (Å²) >= 11 is 0. The number of aryl methyl sites for hydroxylation is 1. The Morgan fingerprint density at radius 1 is 1.50 bits per heavy atom. The van der Waals surface area contributed by atoms with Gasteiger partial charge in [0.15, 0.2) is 0 Å². The minimum Gasteiger partial charge on any atom is -0.338 e. The van der Waals surface area contributed by atoms with Gasteiger partial charge in [-0.05, 0) is 25.8 Å². The summed E-state index contributed by atoms with van der Waals surface area (Å²) in [6.07, 6.45) is 6.15. The van der Waals surface area contributed by atoms with Gasteiger partial charge in [0.05, 0.1) is 12.6 Å². The van der Waals surface area contributed by atoms with Gasteiger partial charge in [0, 0.05) is 43.7 Å². The highest BCUT2D eigenvalue weighted by Gasteiger charge is 2.28. The summed E-state index contributed by atoms with van der Waals surface area (Å²) < 4.78 is 1.86. The molecule has 1 atom stereocenters. The molecule has 2 N–H and O–H groups in total. The predicted octanol–water partition coefficient (Wildman–Crippen LogP) is 0.692. The van der Waals surface area contributed by atoms with Crippen molar-refractivity contribution >= 4 is 6.03 Å². The molecule has 0 saturated carbocycles. The molecule has 0 aliphatic carbocycles. The number of aromatic nitrogens is 4. The van der Waals surface area contributed by atoms with Crippen LogP contribution < -0.4 is 10.9 Å². The lowest BCUT2D eigenvalue weighted by Gasteiger charge is -2.25. The molecule has 8 heteroatoms. The predicted molar refractivity (Wildman–Crippen MR) is 88.7 cm³/mol. The molecule has 0 radical (unpaired) electrons. The highest BCUT2D eigenvalue weighted by Crippen LogP contribution is 2.18. The first kappa shape index (κ1) is 16.2. The molecule has 3 heterocycles. The Morgan fingerprint density at radius 3 is 3.12 bits per heavy atom. The molecular weight excluding hydrogens is 308 g/mol. The van der Waals surface area contributed by atoms with E-state index in [4.69, 9.17) is 0 Å². The number of aromatic amines is 1. The van der Waals surface area contributed by atoms with Gasteiger partial charge in [0.2, 0.25) is 0 Å². The average molecular weight is 330 g/mol. The van der Waals surface area contributed by atoms with Crippen molar-refractivity contribution < 1.29 is 4.79 Å². The van der Waals surface area contributed by atoms with Crippen LogP contribution in [0.2, 0.25) is 0 Å². The van der Waals surface area contributed by atoms with Crippen molar-refractivity contribution in [1.29, 1.82) is 0 Å². The fourth-order valence-electron chi connectivity index (χ4n) is 3.07. The molecular formula is C16H22N6O2. The number of nitrogens with one attached hydrogen (secondary N) is 2. The van der Waals surface area contributed by atoms with Gasteiger partial charge < -0.3 is 15.2 Å². The van der Waals surface area contributed by atoms with Gasteiger partial charge in [0.1, 0.15) is 5.82 Å². The summed E-state index contributed by atoms with van der Waals surface area (Å²) in [7, 11) is 0. The molecule has 0 aromatic carbocycles. The monoisotopic (exact) mass is 330 g/mol. The minimum atomic E-state index is -0.164. The number of likely N-dealkylation sites (tertiary alicyclic amines) is 1. The van der Waals surface area contributed by atoms with Crippen molar-refractivity contribution in [3.05, 3.63) is 46.4 Å². The summed E-state index contributed by atoms with van der Waals surface area (Å²) in [6, 6.07) is 3.43. The van der Waals surface area contributed by atoms with Crippen LogP contribution in [0.4, 0.5) is 4.79 Å². The Balaban J connectivity index is 1.51. The van der Waals surface area contributed by atoms with E-state index in [0.717, 1.165) is 19.4 Å². The number of hydrogen-bond donors (Lipinski definition) is 2. The van der Waals surface area contributed by atoms with E-state index in [-0.39, 0.29) is 17.6 Å². The number of amides is 2. The lowest BCUT2D eigenvalue weighted by atomic mass is 10.2. The number of carbonyl (C=O) groups is 1. The lowest BCUT2D eigenvalue weighted by Crippen LogP contribution is -2.45. The maximum atomic E-state index is 12.4. The van der Waals surface area contributed by atoms with Crippen molar-refractivity contribution in [2.75, 3.05) is 13.1 Å². The van der Waals surface area contributed by atoms with Crippen LogP contribution in [-0.2, 0) is 13.0 Å². The SMILES string of the molecule is Cc1cc(=O)[nH]c(CCNC(=O)N2CCCC2Cn2cccn2)n1. The van der Waals surface area contributed by atoms with Crippen molar-refractivity contribution in [2.24, 2.45) is 0 Å². The van der Waals surface area contributed by atoms with E-state index >= 15 is 0 Å². The minimum absolute atomic E-state index is 0.0698. The van der Waals surface area contributed by atoms with Crippen molar-refractivity contribution in [1.82, 2.24) is 30.0 Å². The number of urea groups is 1. The quantitative estimate of drug-likeness (QED) is 0.843. The van der Waals surface area contributed by atoms with Crippen LogP contribution in [0.25, 0.3) is 0 Å². The highest BCUT2D eigenvalue weighted by atomic mass is 16.2. The number of nitrogens with zero attached hydrogens (tertiary/aromatic N) is 4. The van der Waals surface area contributed by atoms with Gasteiger partial charge in [-0.2, -0.15) is 5.10 Å². The standard InChI is InChI=1S/C16H22N6O2/c1-12-10-15(23)20-14(19-12)5-7-17-16(24)22-9-2-4-13(22)11-21-8-3-6-18-21/h3,6,8,10,13H,2,4-5,7,9,11H2,1H3,(H,17,24)(H,19,20,23). The zero-order valence-electron chi connectivity index (χ0n) is 13.7. The van der Waals surface area contributed by atoms with Crippen LogP contribution in [0.15, 0.2) is 29.3 Å². The number of hydrogen-bond acceptors (Lipinski definition) is 4. The summed E-state index contributed by atoms with van der Waals surface area (Å²) in [4.78, 5) is 32.6. The molecule has 2 aromatic rings. The van der Waals surface area contributed by atoms with Gasteiger partial charge in [-0.15, -0.1) is 0 Å². The van der Waals surface area contributed by atoms with Crippen LogP contribution in [0.3, 0.4) is 0 Å². The molecule has 0 spiro atoms. The summed E-state index contributed by atoms with van der Waals surface area (Å²) in [5.74, 6) is 0.592. The molecule has 1 fully saturated rings. The van der Waals surface area contributed by atoms with Crippen LogP contribution in [0.5, 0.6) is 0 Å². The smallest absolute Gasteiger partial charge is 0.317 e. The van der Waals surface area contributed by atoms with Crippen molar-refractivity contribution in [2.45, 2.75) is 38.8 Å². The fourth-order valence-corrected chi connectivity index (χ4v) is 3.07. The first-order chi connectivity index (χ1) is 11.6. The third-order valence-electron chi connectivity index (χ3n) is 4.15. The summed E-state index contributed by atoms with van der Waals surface area (Å²) in [5, 5.41) is 7.12. The molecule has 8 nitrogen and oxygen atoms in total. The van der Waals surface area contributed by atoms with E-state index in [1.807, 2.05) is 21.8 Å². The Morgan fingerprint density at radius 2 is 2.38 bits per heavy atom. The van der Waals surface area contributed by atoms with Crippen LogP contribution in [-0.4, -0.2) is 49.8 Å². The summed E-state index contributed by atoms with van der Waals surface area (Å²) in [5.41, 5.74) is 0.515. The number of H-pyrrole nitrogens is 1. The average Bonchev–Trinajstić information content (AvgIpc) is 3.18.